The first kappa shape index (κ1) is 15.9. The normalized spacial score (nSPS) is 23.8. The van der Waals surface area contributed by atoms with Gasteiger partial charge in [0, 0.05) is 11.1 Å². The molecule has 0 aliphatic heterocycles. The zero-order valence-corrected chi connectivity index (χ0v) is 13.0. The van der Waals surface area contributed by atoms with E-state index >= 15 is 0 Å². The summed E-state index contributed by atoms with van der Waals surface area (Å²) in [7, 11) is -3.80. The van der Waals surface area contributed by atoms with Crippen molar-refractivity contribution in [1.29, 1.82) is 0 Å². The zero-order valence-electron chi connectivity index (χ0n) is 10.6. The summed E-state index contributed by atoms with van der Waals surface area (Å²) in [6.07, 6.45) is 1.99. The predicted molar refractivity (Wildman–Crippen MR) is 79.5 cm³/mol. The summed E-state index contributed by atoms with van der Waals surface area (Å²) in [4.78, 5) is -0.144. The third-order valence-corrected chi connectivity index (χ3v) is 5.59. The highest BCUT2D eigenvalue weighted by atomic mass is 35.5. The van der Waals surface area contributed by atoms with Gasteiger partial charge in [-0.05, 0) is 37.8 Å². The summed E-state index contributed by atoms with van der Waals surface area (Å²) >= 11 is 11.7. The molecule has 4 N–H and O–H groups in total. The SMILES string of the molecule is Nc1cc(Cl)cc(Cl)c1S(=O)(=O)NC1CCC(O)CC1. The van der Waals surface area contributed by atoms with Crippen LogP contribution < -0.4 is 10.5 Å². The molecule has 0 spiro atoms. The summed E-state index contributed by atoms with van der Waals surface area (Å²) in [5.74, 6) is 0. The molecule has 0 saturated heterocycles. The van der Waals surface area contributed by atoms with Crippen molar-refractivity contribution in [1.82, 2.24) is 4.72 Å². The van der Waals surface area contributed by atoms with Crippen LogP contribution >= 0.6 is 23.2 Å². The Hall–Kier alpha value is -0.530. The second-order valence-electron chi connectivity index (χ2n) is 4.93. The molecule has 0 amide bonds. The van der Waals surface area contributed by atoms with Crippen LogP contribution in [0.25, 0.3) is 0 Å². The first-order chi connectivity index (χ1) is 9.29. The van der Waals surface area contributed by atoms with Crippen LogP contribution in [0.1, 0.15) is 25.7 Å². The number of rotatable bonds is 3. The largest absolute Gasteiger partial charge is 0.398 e. The molecule has 0 radical (unpaired) electrons. The third kappa shape index (κ3) is 3.56. The summed E-state index contributed by atoms with van der Waals surface area (Å²) < 4.78 is 27.3. The molecule has 5 nitrogen and oxygen atoms in total. The number of aliphatic hydroxyl groups is 1. The third-order valence-electron chi connectivity index (χ3n) is 3.32. The lowest BCUT2D eigenvalue weighted by Crippen LogP contribution is -2.38. The molecule has 1 fully saturated rings. The van der Waals surface area contributed by atoms with E-state index in [0.29, 0.717) is 25.7 Å². The van der Waals surface area contributed by atoms with Gasteiger partial charge < -0.3 is 10.8 Å². The molecule has 1 saturated carbocycles. The van der Waals surface area contributed by atoms with Gasteiger partial charge >= 0.3 is 0 Å². The molecule has 8 heteroatoms. The van der Waals surface area contributed by atoms with Gasteiger partial charge in [-0.2, -0.15) is 0 Å². The van der Waals surface area contributed by atoms with Crippen LogP contribution in [0, 0.1) is 0 Å². The number of hydrogen-bond donors (Lipinski definition) is 3. The van der Waals surface area contributed by atoms with E-state index in [2.05, 4.69) is 4.72 Å². The topological polar surface area (TPSA) is 92.4 Å². The minimum absolute atomic E-state index is 0.00153. The first-order valence-electron chi connectivity index (χ1n) is 6.24. The van der Waals surface area contributed by atoms with E-state index in [9.17, 15) is 13.5 Å². The standard InChI is InChI=1S/C12H16Cl2N2O3S/c13-7-5-10(14)12(11(15)6-7)20(18,19)16-8-1-3-9(17)4-2-8/h5-6,8-9,16-17H,1-4,15H2. The fourth-order valence-corrected chi connectivity index (χ4v) is 4.63. The van der Waals surface area contributed by atoms with Gasteiger partial charge in [0.1, 0.15) is 4.90 Å². The second-order valence-corrected chi connectivity index (χ2v) is 7.43. The molecule has 0 bridgehead atoms. The Morgan fingerprint density at radius 2 is 1.80 bits per heavy atom. The zero-order chi connectivity index (χ0) is 14.9. The Labute approximate surface area is 128 Å². The van der Waals surface area contributed by atoms with Crippen LogP contribution in [-0.4, -0.2) is 25.7 Å². The van der Waals surface area contributed by atoms with Crippen molar-refractivity contribution < 1.29 is 13.5 Å². The van der Waals surface area contributed by atoms with Crippen molar-refractivity contribution >= 4 is 38.9 Å². The average molecular weight is 339 g/mol. The maximum absolute atomic E-state index is 12.4. The highest BCUT2D eigenvalue weighted by Crippen LogP contribution is 2.32. The first-order valence-corrected chi connectivity index (χ1v) is 8.48. The van der Waals surface area contributed by atoms with Crippen LogP contribution in [-0.2, 0) is 10.0 Å². The van der Waals surface area contributed by atoms with Crippen LogP contribution in [0.15, 0.2) is 17.0 Å². The van der Waals surface area contributed by atoms with E-state index in [4.69, 9.17) is 28.9 Å². The maximum atomic E-state index is 12.4. The molecular weight excluding hydrogens is 323 g/mol. The molecule has 0 heterocycles. The number of nitrogens with two attached hydrogens (primary N) is 1. The number of halogens is 2. The van der Waals surface area contributed by atoms with Crippen molar-refractivity contribution in [3.8, 4) is 0 Å². The Morgan fingerprint density at radius 3 is 2.35 bits per heavy atom. The van der Waals surface area contributed by atoms with Crippen molar-refractivity contribution in [3.05, 3.63) is 22.2 Å². The number of aliphatic hydroxyl groups excluding tert-OH is 1. The summed E-state index contributed by atoms with van der Waals surface area (Å²) in [5, 5.41) is 9.71. The predicted octanol–water partition coefficient (Wildman–Crippen LogP) is 2.16. The van der Waals surface area contributed by atoms with Gasteiger partial charge in [0.15, 0.2) is 0 Å². The molecule has 0 atom stereocenters. The van der Waals surface area contributed by atoms with E-state index in [0.717, 1.165) is 0 Å². The van der Waals surface area contributed by atoms with Crippen molar-refractivity contribution in [2.24, 2.45) is 0 Å². The molecule has 1 aliphatic rings. The van der Waals surface area contributed by atoms with Crippen LogP contribution in [0.5, 0.6) is 0 Å². The fourth-order valence-electron chi connectivity index (χ4n) is 2.34. The van der Waals surface area contributed by atoms with E-state index in [-0.39, 0.29) is 32.8 Å². The molecule has 1 aliphatic carbocycles. The molecule has 1 aromatic rings. The molecule has 2 rings (SSSR count). The van der Waals surface area contributed by atoms with Gasteiger partial charge in [0.2, 0.25) is 10.0 Å². The van der Waals surface area contributed by atoms with Gasteiger partial charge in [-0.1, -0.05) is 23.2 Å². The van der Waals surface area contributed by atoms with Crippen LogP contribution in [0.3, 0.4) is 0 Å². The highest BCUT2D eigenvalue weighted by molar-refractivity contribution is 7.89. The Morgan fingerprint density at radius 1 is 1.20 bits per heavy atom. The van der Waals surface area contributed by atoms with E-state index in [1.165, 1.54) is 12.1 Å². The minimum Gasteiger partial charge on any atom is -0.398 e. The number of benzene rings is 1. The van der Waals surface area contributed by atoms with Crippen molar-refractivity contribution in [2.75, 3.05) is 5.73 Å². The summed E-state index contributed by atoms with van der Waals surface area (Å²) in [6.45, 7) is 0. The van der Waals surface area contributed by atoms with E-state index < -0.39 is 10.0 Å². The van der Waals surface area contributed by atoms with E-state index in [1.54, 1.807) is 0 Å². The second kappa shape index (κ2) is 6.07. The molecule has 0 aromatic heterocycles. The fraction of sp³-hybridized carbons (Fsp3) is 0.500. The number of sulfonamides is 1. The average Bonchev–Trinajstić information content (AvgIpc) is 2.30. The number of hydrogen-bond acceptors (Lipinski definition) is 4. The molecule has 0 unspecified atom stereocenters. The number of anilines is 1. The lowest BCUT2D eigenvalue weighted by molar-refractivity contribution is 0.120. The van der Waals surface area contributed by atoms with Crippen LogP contribution in [0.4, 0.5) is 5.69 Å². The van der Waals surface area contributed by atoms with Gasteiger partial charge in [-0.15, -0.1) is 0 Å². The quantitative estimate of drug-likeness (QED) is 0.736. The molecule has 20 heavy (non-hydrogen) atoms. The molecular formula is C12H16Cl2N2O3S. The Kier molecular flexibility index (Phi) is 4.81. The minimum atomic E-state index is -3.80. The summed E-state index contributed by atoms with van der Waals surface area (Å²) in [5.41, 5.74) is 5.73. The maximum Gasteiger partial charge on any atom is 0.244 e. The Balaban J connectivity index is 2.23. The van der Waals surface area contributed by atoms with E-state index in [1.807, 2.05) is 0 Å². The lowest BCUT2D eigenvalue weighted by atomic mass is 9.94. The van der Waals surface area contributed by atoms with Gasteiger partial charge in [-0.25, -0.2) is 13.1 Å². The summed E-state index contributed by atoms with van der Waals surface area (Å²) in [6, 6.07) is 2.49. The van der Waals surface area contributed by atoms with Gasteiger partial charge in [-0.3, -0.25) is 0 Å². The van der Waals surface area contributed by atoms with Gasteiger partial charge in [0.05, 0.1) is 16.8 Å². The lowest BCUT2D eigenvalue weighted by Gasteiger charge is -2.26. The smallest absolute Gasteiger partial charge is 0.244 e. The number of nitrogen functional groups attached to an aromatic ring is 1. The Bertz CT molecular complexity index is 576. The van der Waals surface area contributed by atoms with Crippen molar-refractivity contribution in [2.45, 2.75) is 42.7 Å². The highest BCUT2D eigenvalue weighted by Gasteiger charge is 2.27. The molecule has 112 valence electrons. The monoisotopic (exact) mass is 338 g/mol. The van der Waals surface area contributed by atoms with Crippen molar-refractivity contribution in [3.63, 3.8) is 0 Å². The molecule has 1 aromatic carbocycles. The van der Waals surface area contributed by atoms with Gasteiger partial charge in [0.25, 0.3) is 0 Å². The van der Waals surface area contributed by atoms with Crippen LogP contribution in [0.2, 0.25) is 10.0 Å². The number of nitrogens with one attached hydrogen (secondary N) is 1.